The number of methoxy groups -OCH3 is 1. The average molecular weight is 840 g/mol. The minimum absolute atomic E-state index is 0.0449. The SMILES string of the molecule is CCn1c(-c2cc(N3CCN(C)CC3)cnc2[C@H](C)OC)c2c3cc(c(F)cc31)-c1csc(n1)C[C@H](NC(=O)[C@@H]1C[C@H]1C#N)C(=O)N1CCC[C@H](N1)C(=O)OCC(C)(C)C2. The highest BCUT2D eigenvalue weighted by molar-refractivity contribution is 7.10. The van der Waals surface area contributed by atoms with Gasteiger partial charge in [-0.3, -0.25) is 24.4 Å². The van der Waals surface area contributed by atoms with E-state index in [0.29, 0.717) is 55.0 Å². The number of nitrogens with zero attached hydrogens (tertiary/aromatic N) is 7. The van der Waals surface area contributed by atoms with Crippen molar-refractivity contribution in [1.29, 1.82) is 5.26 Å². The summed E-state index contributed by atoms with van der Waals surface area (Å²) in [5.41, 5.74) is 8.51. The molecule has 1 aromatic carbocycles. The van der Waals surface area contributed by atoms with Crippen molar-refractivity contribution < 1.29 is 28.2 Å². The maximum absolute atomic E-state index is 16.7. The van der Waals surface area contributed by atoms with E-state index in [0.717, 1.165) is 65.3 Å². The van der Waals surface area contributed by atoms with Gasteiger partial charge in [0.05, 0.1) is 70.1 Å². The van der Waals surface area contributed by atoms with Crippen LogP contribution < -0.4 is 15.6 Å². The molecule has 6 bridgehead atoms. The second-order valence-electron chi connectivity index (χ2n) is 17.4. The Morgan fingerprint density at radius 2 is 1.97 bits per heavy atom. The van der Waals surface area contributed by atoms with Gasteiger partial charge in [0.15, 0.2) is 0 Å². The van der Waals surface area contributed by atoms with Crippen molar-refractivity contribution in [2.24, 2.45) is 17.3 Å². The molecule has 0 unspecified atom stereocenters. The van der Waals surface area contributed by atoms with E-state index >= 15 is 4.39 Å². The summed E-state index contributed by atoms with van der Waals surface area (Å²) in [6, 6.07) is 5.99. The molecule has 2 saturated heterocycles. The van der Waals surface area contributed by atoms with Crippen molar-refractivity contribution in [1.82, 2.24) is 35.2 Å². The second kappa shape index (κ2) is 16.8. The number of thiazole rings is 1. The number of carbonyl (C=O) groups is 3. The summed E-state index contributed by atoms with van der Waals surface area (Å²) < 4.78 is 30.8. The Morgan fingerprint density at radius 3 is 2.68 bits per heavy atom. The number of aryl methyl sites for hydroxylation is 1. The summed E-state index contributed by atoms with van der Waals surface area (Å²) in [6.07, 6.45) is 3.56. The number of ether oxygens (including phenoxy) is 2. The summed E-state index contributed by atoms with van der Waals surface area (Å²) in [5, 5.41) is 16.8. The molecule has 1 aliphatic carbocycles. The van der Waals surface area contributed by atoms with E-state index in [1.54, 1.807) is 18.6 Å². The largest absolute Gasteiger partial charge is 0.464 e. The molecule has 2 amide bonds. The molecule has 3 aromatic heterocycles. The number of amides is 2. The number of fused-ring (bicyclic) bond motifs is 6. The molecule has 4 aliphatic rings. The number of hydrogen-bond acceptors (Lipinski definition) is 12. The van der Waals surface area contributed by atoms with Gasteiger partial charge in [0.2, 0.25) is 5.91 Å². The van der Waals surface area contributed by atoms with E-state index in [9.17, 15) is 19.6 Å². The molecule has 4 aromatic rings. The van der Waals surface area contributed by atoms with Gasteiger partial charge in [-0.25, -0.2) is 14.8 Å². The summed E-state index contributed by atoms with van der Waals surface area (Å²) >= 11 is 1.29. The van der Waals surface area contributed by atoms with Crippen LogP contribution in [0, 0.1) is 34.4 Å². The smallest absolute Gasteiger partial charge is 0.324 e. The standard InChI is InChI=1S/C44H54FN9O5S/c1-7-53-37-18-33(45)30-17-29(37)32(40(53)31-16-27(22-47-39(31)25(2)58-6)52-13-11-51(5)12-14-52)20-44(3,4)24-59-43(57)34-9-8-10-54(50-34)42(56)35(19-38-48-36(30)23-60-38)49-41(55)28-15-26(28)21-46/h16-18,22-23,25-26,28,34-35,50H,7-15,19-20,24H2,1-6H3,(H,49,55)/t25-,26-,28+,34-,35-/m0/s1. The zero-order chi connectivity index (χ0) is 42.5. The number of cyclic esters (lactones) is 1. The molecule has 16 heteroatoms. The lowest BCUT2D eigenvalue weighted by Gasteiger charge is -2.35. The van der Waals surface area contributed by atoms with Crippen LogP contribution in [0.3, 0.4) is 0 Å². The number of esters is 1. The first kappa shape index (κ1) is 41.8. The number of nitriles is 1. The van der Waals surface area contributed by atoms with Gasteiger partial charge in [-0.2, -0.15) is 5.26 Å². The van der Waals surface area contributed by atoms with Gasteiger partial charge in [-0.1, -0.05) is 13.8 Å². The van der Waals surface area contributed by atoms with Crippen molar-refractivity contribution in [3.05, 3.63) is 51.9 Å². The highest BCUT2D eigenvalue weighted by atomic mass is 32.1. The highest BCUT2D eigenvalue weighted by Gasteiger charge is 2.45. The minimum Gasteiger partial charge on any atom is -0.464 e. The maximum atomic E-state index is 16.7. The fraction of sp³-hybridized carbons (Fsp3) is 0.545. The molecule has 5 atom stereocenters. The molecule has 14 nitrogen and oxygen atoms in total. The van der Waals surface area contributed by atoms with Crippen molar-refractivity contribution >= 4 is 45.7 Å². The number of halogens is 1. The van der Waals surface area contributed by atoms with Crippen LogP contribution in [0.5, 0.6) is 0 Å². The average Bonchev–Trinajstić information content (AvgIpc) is 3.82. The van der Waals surface area contributed by atoms with Gasteiger partial charge in [-0.05, 0) is 70.3 Å². The van der Waals surface area contributed by atoms with E-state index in [-0.39, 0.29) is 31.0 Å². The topological polar surface area (TPSA) is 158 Å². The quantitative estimate of drug-likeness (QED) is 0.234. The van der Waals surface area contributed by atoms with Gasteiger partial charge >= 0.3 is 5.97 Å². The third kappa shape index (κ3) is 8.24. The highest BCUT2D eigenvalue weighted by Crippen LogP contribution is 2.44. The van der Waals surface area contributed by atoms with Crippen LogP contribution in [0.2, 0.25) is 0 Å². The fourth-order valence-corrected chi connectivity index (χ4v) is 9.63. The summed E-state index contributed by atoms with van der Waals surface area (Å²) in [5.74, 6) is -2.59. The summed E-state index contributed by atoms with van der Waals surface area (Å²) in [4.78, 5) is 55.7. The van der Waals surface area contributed by atoms with Gasteiger partial charge < -0.3 is 29.2 Å². The zero-order valence-corrected chi connectivity index (χ0v) is 36.0. The van der Waals surface area contributed by atoms with Crippen molar-refractivity contribution in [2.75, 3.05) is 58.4 Å². The van der Waals surface area contributed by atoms with E-state index in [1.807, 2.05) is 19.2 Å². The number of nitrogens with one attached hydrogen (secondary N) is 2. The van der Waals surface area contributed by atoms with E-state index < -0.39 is 41.1 Å². The molecule has 1 saturated carbocycles. The van der Waals surface area contributed by atoms with E-state index in [1.165, 1.54) is 16.3 Å². The van der Waals surface area contributed by atoms with E-state index in [4.69, 9.17) is 19.4 Å². The Balaban J connectivity index is 1.28. The third-order valence-electron chi connectivity index (χ3n) is 12.5. The lowest BCUT2D eigenvalue weighted by atomic mass is 9.84. The molecular formula is C44H54FN9O5S. The molecule has 8 rings (SSSR count). The van der Waals surface area contributed by atoms with Crippen LogP contribution in [0.25, 0.3) is 33.4 Å². The number of benzene rings is 1. The number of anilines is 1. The normalized spacial score (nSPS) is 24.1. The molecule has 2 N–H and O–H groups in total. The fourth-order valence-electron chi connectivity index (χ4n) is 8.79. The Hall–Kier alpha value is -4.95. The first-order valence-corrected chi connectivity index (χ1v) is 21.9. The Bertz CT molecular complexity index is 2350. The van der Waals surface area contributed by atoms with Crippen LogP contribution in [0.4, 0.5) is 10.1 Å². The molecule has 3 fully saturated rings. The van der Waals surface area contributed by atoms with Crippen molar-refractivity contribution in [3.8, 4) is 28.6 Å². The Kier molecular flexibility index (Phi) is 11.7. The molecule has 60 heavy (non-hydrogen) atoms. The molecule has 0 radical (unpaired) electrons. The molecule has 0 spiro atoms. The number of carbonyl (C=O) groups excluding carboxylic acids is 3. The number of piperazine rings is 1. The number of aromatic nitrogens is 3. The number of pyridine rings is 1. The molecule has 3 aliphatic heterocycles. The van der Waals surface area contributed by atoms with Gasteiger partial charge in [0.1, 0.15) is 17.9 Å². The van der Waals surface area contributed by atoms with Gasteiger partial charge in [0, 0.05) is 80.1 Å². The van der Waals surface area contributed by atoms with Crippen LogP contribution in [-0.2, 0) is 43.2 Å². The summed E-state index contributed by atoms with van der Waals surface area (Å²) in [6.45, 7) is 12.7. The predicted octanol–water partition coefficient (Wildman–Crippen LogP) is 5.25. The predicted molar refractivity (Wildman–Crippen MR) is 226 cm³/mol. The van der Waals surface area contributed by atoms with Crippen LogP contribution in [0.15, 0.2) is 29.8 Å². The van der Waals surface area contributed by atoms with E-state index in [2.05, 4.69) is 65.1 Å². The molecule has 6 heterocycles. The van der Waals surface area contributed by atoms with Gasteiger partial charge in [0.25, 0.3) is 5.91 Å². The van der Waals surface area contributed by atoms with Crippen LogP contribution in [0.1, 0.15) is 69.3 Å². The number of hydrogen-bond donors (Lipinski definition) is 2. The van der Waals surface area contributed by atoms with Gasteiger partial charge in [-0.15, -0.1) is 11.3 Å². The van der Waals surface area contributed by atoms with Crippen LogP contribution in [-0.4, -0.2) is 108 Å². The second-order valence-corrected chi connectivity index (χ2v) is 18.4. The molecular weight excluding hydrogens is 786 g/mol. The first-order valence-electron chi connectivity index (χ1n) is 21.0. The summed E-state index contributed by atoms with van der Waals surface area (Å²) in [7, 11) is 3.80. The number of hydrazine groups is 1. The number of likely N-dealkylation sites (N-methyl/N-ethyl adjacent to an activating group) is 1. The minimum atomic E-state index is -1.03. The Morgan fingerprint density at radius 1 is 1.18 bits per heavy atom. The molecule has 318 valence electrons. The lowest BCUT2D eigenvalue weighted by molar-refractivity contribution is -0.155. The maximum Gasteiger partial charge on any atom is 0.324 e. The monoisotopic (exact) mass is 839 g/mol. The first-order chi connectivity index (χ1) is 28.8. The number of rotatable bonds is 7. The Labute approximate surface area is 354 Å². The van der Waals surface area contributed by atoms with Crippen molar-refractivity contribution in [3.63, 3.8) is 0 Å². The van der Waals surface area contributed by atoms with Crippen LogP contribution >= 0.6 is 11.3 Å². The zero-order valence-electron chi connectivity index (χ0n) is 35.2. The van der Waals surface area contributed by atoms with Crippen molar-refractivity contribution in [2.45, 2.75) is 84.5 Å². The lowest BCUT2D eigenvalue weighted by Crippen LogP contribution is -2.60. The third-order valence-corrected chi connectivity index (χ3v) is 13.3.